The summed E-state index contributed by atoms with van der Waals surface area (Å²) >= 11 is 0. The van der Waals surface area contributed by atoms with Crippen LogP contribution in [0, 0.1) is 0 Å². The standard InChI is InChI=1S/C25H25N5O3/c26-21-8-4-5-9-22(21)28-24(31)18-10-11-23(27-13-18)29-14-20-12-19(29)15-30(20)25(32)33-16-17-6-2-1-3-7-17/h1-11,13,19-20H,12,14-16,26H2,(H,28,31)/t19-,20-/m0/s1. The van der Waals surface area contributed by atoms with Crippen molar-refractivity contribution in [3.8, 4) is 0 Å². The summed E-state index contributed by atoms with van der Waals surface area (Å²) in [7, 11) is 0. The first kappa shape index (κ1) is 20.8. The molecule has 2 aliphatic heterocycles. The SMILES string of the molecule is Nc1ccccc1NC(=O)c1ccc(N2C[C@@H]3C[C@H]2CN3C(=O)OCc2ccccc2)nc1. The zero-order valence-corrected chi connectivity index (χ0v) is 18.1. The number of nitrogens with zero attached hydrogens (tertiary/aromatic N) is 3. The number of carbonyl (C=O) groups excluding carboxylic acids is 2. The molecule has 8 nitrogen and oxygen atoms in total. The fourth-order valence-corrected chi connectivity index (χ4v) is 4.47. The molecule has 0 saturated carbocycles. The lowest BCUT2D eigenvalue weighted by molar-refractivity contribution is 0.0897. The summed E-state index contributed by atoms with van der Waals surface area (Å²) in [6.07, 6.45) is 2.19. The lowest BCUT2D eigenvalue weighted by Crippen LogP contribution is -2.49. The van der Waals surface area contributed by atoms with Gasteiger partial charge < -0.3 is 25.6 Å². The van der Waals surface area contributed by atoms with Crippen molar-refractivity contribution < 1.29 is 14.3 Å². The predicted molar refractivity (Wildman–Crippen MR) is 126 cm³/mol. The number of anilines is 3. The number of ether oxygens (including phenoxy) is 1. The highest BCUT2D eigenvalue weighted by atomic mass is 16.6. The van der Waals surface area contributed by atoms with Gasteiger partial charge in [-0.15, -0.1) is 0 Å². The Morgan fingerprint density at radius 3 is 2.48 bits per heavy atom. The number of aromatic nitrogens is 1. The number of amides is 2. The van der Waals surface area contributed by atoms with E-state index in [-0.39, 0.29) is 30.7 Å². The molecule has 2 aromatic carbocycles. The number of fused-ring (bicyclic) bond motifs is 2. The van der Waals surface area contributed by atoms with Gasteiger partial charge in [0.25, 0.3) is 5.91 Å². The van der Waals surface area contributed by atoms with E-state index in [2.05, 4.69) is 15.2 Å². The maximum atomic E-state index is 12.6. The van der Waals surface area contributed by atoms with Gasteiger partial charge in [0, 0.05) is 19.3 Å². The van der Waals surface area contributed by atoms with Gasteiger partial charge in [-0.2, -0.15) is 0 Å². The minimum atomic E-state index is -0.272. The smallest absolute Gasteiger partial charge is 0.410 e. The predicted octanol–water partition coefficient (Wildman–Crippen LogP) is 3.52. The van der Waals surface area contributed by atoms with Crippen LogP contribution in [0.25, 0.3) is 0 Å². The summed E-state index contributed by atoms with van der Waals surface area (Å²) in [5.41, 5.74) is 8.41. The van der Waals surface area contributed by atoms with Crippen LogP contribution in [-0.2, 0) is 11.3 Å². The van der Waals surface area contributed by atoms with Crippen molar-refractivity contribution in [1.82, 2.24) is 9.88 Å². The van der Waals surface area contributed by atoms with E-state index in [1.807, 2.05) is 53.4 Å². The number of benzene rings is 2. The zero-order chi connectivity index (χ0) is 22.8. The monoisotopic (exact) mass is 443 g/mol. The summed E-state index contributed by atoms with van der Waals surface area (Å²) in [6.45, 7) is 1.58. The van der Waals surface area contributed by atoms with E-state index in [0.717, 1.165) is 17.8 Å². The van der Waals surface area contributed by atoms with Crippen LogP contribution in [0.2, 0.25) is 0 Å². The van der Waals surface area contributed by atoms with Crippen LogP contribution in [0.5, 0.6) is 0 Å². The number of hydrogen-bond acceptors (Lipinski definition) is 6. The van der Waals surface area contributed by atoms with Crippen molar-refractivity contribution in [1.29, 1.82) is 0 Å². The molecular weight excluding hydrogens is 418 g/mol. The maximum absolute atomic E-state index is 12.6. The molecule has 2 atom stereocenters. The molecule has 2 bridgehead atoms. The molecule has 0 spiro atoms. The summed E-state index contributed by atoms with van der Waals surface area (Å²) in [5, 5.41) is 2.81. The van der Waals surface area contributed by atoms with E-state index >= 15 is 0 Å². The Hall–Kier alpha value is -4.07. The van der Waals surface area contributed by atoms with Crippen LogP contribution >= 0.6 is 0 Å². The van der Waals surface area contributed by atoms with Crippen molar-refractivity contribution in [3.05, 3.63) is 84.1 Å². The largest absolute Gasteiger partial charge is 0.445 e. The number of pyridine rings is 1. The molecule has 1 aromatic heterocycles. The second-order valence-corrected chi connectivity index (χ2v) is 8.33. The molecule has 3 aromatic rings. The molecule has 5 rings (SSSR count). The minimum absolute atomic E-state index is 0.101. The Labute approximate surface area is 192 Å². The van der Waals surface area contributed by atoms with Crippen LogP contribution in [-0.4, -0.2) is 47.1 Å². The number of nitrogen functional groups attached to an aromatic ring is 1. The van der Waals surface area contributed by atoms with Gasteiger partial charge in [0.2, 0.25) is 0 Å². The van der Waals surface area contributed by atoms with Gasteiger partial charge in [-0.25, -0.2) is 9.78 Å². The van der Waals surface area contributed by atoms with Crippen molar-refractivity contribution >= 4 is 29.2 Å². The molecular formula is C25H25N5O3. The molecule has 0 unspecified atom stereocenters. The lowest BCUT2D eigenvalue weighted by Gasteiger charge is -2.34. The number of likely N-dealkylation sites (tertiary alicyclic amines) is 1. The van der Waals surface area contributed by atoms with Crippen LogP contribution in [0.1, 0.15) is 22.3 Å². The molecule has 33 heavy (non-hydrogen) atoms. The molecule has 2 fully saturated rings. The Bertz CT molecular complexity index is 1150. The van der Waals surface area contributed by atoms with Crippen LogP contribution in [0.4, 0.5) is 22.0 Å². The highest BCUT2D eigenvalue weighted by Gasteiger charge is 2.46. The van der Waals surface area contributed by atoms with Crippen molar-refractivity contribution in [2.24, 2.45) is 0 Å². The normalized spacial score (nSPS) is 18.9. The molecule has 3 N–H and O–H groups in total. The van der Waals surface area contributed by atoms with Crippen molar-refractivity contribution in [2.75, 3.05) is 29.0 Å². The van der Waals surface area contributed by atoms with Gasteiger partial charge in [-0.1, -0.05) is 42.5 Å². The molecule has 2 saturated heterocycles. The number of nitrogens with one attached hydrogen (secondary N) is 1. The quantitative estimate of drug-likeness (QED) is 0.585. The lowest BCUT2D eigenvalue weighted by atomic mass is 10.2. The van der Waals surface area contributed by atoms with Gasteiger partial charge in [0.1, 0.15) is 12.4 Å². The van der Waals surface area contributed by atoms with Gasteiger partial charge in [-0.05, 0) is 36.2 Å². The van der Waals surface area contributed by atoms with E-state index in [1.54, 1.807) is 24.4 Å². The molecule has 168 valence electrons. The second kappa shape index (κ2) is 8.82. The molecule has 0 radical (unpaired) electrons. The molecule has 2 amide bonds. The Kier molecular flexibility index (Phi) is 5.56. The van der Waals surface area contributed by atoms with Crippen molar-refractivity contribution in [2.45, 2.75) is 25.1 Å². The number of para-hydroxylation sites is 2. The topological polar surface area (TPSA) is 101 Å². The second-order valence-electron chi connectivity index (χ2n) is 8.33. The van der Waals surface area contributed by atoms with Gasteiger partial charge in [0.15, 0.2) is 0 Å². The summed E-state index contributed by atoms with van der Waals surface area (Å²) in [6, 6.07) is 20.7. The molecule has 2 aliphatic rings. The number of carbonyl (C=O) groups is 2. The summed E-state index contributed by atoms with van der Waals surface area (Å²) < 4.78 is 5.50. The number of rotatable bonds is 5. The third kappa shape index (κ3) is 4.32. The average molecular weight is 444 g/mol. The average Bonchev–Trinajstić information content (AvgIpc) is 3.46. The number of nitrogens with two attached hydrogens (primary N) is 1. The Morgan fingerprint density at radius 2 is 1.79 bits per heavy atom. The zero-order valence-electron chi connectivity index (χ0n) is 18.1. The van der Waals surface area contributed by atoms with E-state index in [0.29, 0.717) is 30.0 Å². The minimum Gasteiger partial charge on any atom is -0.445 e. The van der Waals surface area contributed by atoms with Crippen LogP contribution < -0.4 is 16.0 Å². The summed E-state index contributed by atoms with van der Waals surface area (Å²) in [5.74, 6) is 0.540. The van der Waals surface area contributed by atoms with Crippen LogP contribution in [0.3, 0.4) is 0 Å². The Morgan fingerprint density at radius 1 is 1.00 bits per heavy atom. The first-order chi connectivity index (χ1) is 16.1. The fourth-order valence-electron chi connectivity index (χ4n) is 4.47. The Balaban J connectivity index is 1.17. The van der Waals surface area contributed by atoms with E-state index in [1.165, 1.54) is 0 Å². The van der Waals surface area contributed by atoms with Crippen molar-refractivity contribution in [3.63, 3.8) is 0 Å². The highest BCUT2D eigenvalue weighted by Crippen LogP contribution is 2.34. The molecule has 8 heteroatoms. The fraction of sp³-hybridized carbons (Fsp3) is 0.240. The third-order valence-corrected chi connectivity index (χ3v) is 6.19. The van der Waals surface area contributed by atoms with E-state index in [4.69, 9.17) is 10.5 Å². The van der Waals surface area contributed by atoms with Gasteiger partial charge in [0.05, 0.1) is 29.0 Å². The number of piperazine rings is 1. The maximum Gasteiger partial charge on any atom is 0.410 e. The van der Waals surface area contributed by atoms with E-state index < -0.39 is 0 Å². The molecule has 0 aliphatic carbocycles. The summed E-state index contributed by atoms with van der Waals surface area (Å²) in [4.78, 5) is 33.6. The highest BCUT2D eigenvalue weighted by molar-refractivity contribution is 6.05. The first-order valence-electron chi connectivity index (χ1n) is 10.9. The van der Waals surface area contributed by atoms with Gasteiger partial charge in [-0.3, -0.25) is 4.79 Å². The molecule has 3 heterocycles. The third-order valence-electron chi connectivity index (χ3n) is 6.19. The van der Waals surface area contributed by atoms with Crippen LogP contribution in [0.15, 0.2) is 72.9 Å². The first-order valence-corrected chi connectivity index (χ1v) is 10.9. The number of hydrogen-bond donors (Lipinski definition) is 2. The van der Waals surface area contributed by atoms with Gasteiger partial charge >= 0.3 is 6.09 Å². The van der Waals surface area contributed by atoms with E-state index in [9.17, 15) is 9.59 Å².